The van der Waals surface area contributed by atoms with Crippen LogP contribution in [0.15, 0.2) is 51.9 Å². The molecule has 9 heteroatoms. The van der Waals surface area contributed by atoms with Gasteiger partial charge in [-0.25, -0.2) is 4.79 Å². The molecule has 6 nitrogen and oxygen atoms in total. The van der Waals surface area contributed by atoms with Crippen molar-refractivity contribution in [2.45, 2.75) is 25.9 Å². The number of rotatable bonds is 5. The molecule has 2 heterocycles. The van der Waals surface area contributed by atoms with Crippen molar-refractivity contribution in [3.63, 3.8) is 0 Å². The van der Waals surface area contributed by atoms with Crippen molar-refractivity contribution in [3.05, 3.63) is 69.8 Å². The Balaban J connectivity index is 2.11. The number of para-hydroxylation sites is 1. The van der Waals surface area contributed by atoms with Gasteiger partial charge in [0.15, 0.2) is 0 Å². The van der Waals surface area contributed by atoms with Crippen molar-refractivity contribution in [2.24, 2.45) is 0 Å². The number of pyridine rings is 1. The van der Waals surface area contributed by atoms with Gasteiger partial charge in [-0.05, 0) is 24.1 Å². The standard InChI is InChI=1S/C20H17F3N2O4/c1-3-5-12-6-4-7-13-10-14(19(27)29-17(12)13)18(26)25(28-2)16-8-9-24-11-15(16)20(21,22)23/h4,6-11H,3,5H2,1-2H3. The van der Waals surface area contributed by atoms with Crippen molar-refractivity contribution in [3.8, 4) is 0 Å². The third kappa shape index (κ3) is 4.00. The second-order valence-corrected chi connectivity index (χ2v) is 6.21. The monoisotopic (exact) mass is 406 g/mol. The maximum absolute atomic E-state index is 13.3. The van der Waals surface area contributed by atoms with Gasteiger partial charge in [0.2, 0.25) is 0 Å². The van der Waals surface area contributed by atoms with E-state index in [1.165, 1.54) is 6.07 Å². The molecule has 1 amide bonds. The molecule has 0 unspecified atom stereocenters. The number of carbonyl (C=O) groups is 1. The fraction of sp³-hybridized carbons (Fsp3) is 0.250. The van der Waals surface area contributed by atoms with E-state index in [2.05, 4.69) is 4.98 Å². The molecule has 0 aliphatic rings. The number of amides is 1. The van der Waals surface area contributed by atoms with Crippen LogP contribution in [-0.2, 0) is 17.4 Å². The smallest absolute Gasteiger partial charge is 0.419 e. The molecule has 0 atom stereocenters. The minimum absolute atomic E-state index is 0.347. The number of hydroxylamine groups is 1. The van der Waals surface area contributed by atoms with Crippen LogP contribution in [0.5, 0.6) is 0 Å². The number of fused-ring (bicyclic) bond motifs is 1. The number of hydrogen-bond donors (Lipinski definition) is 0. The summed E-state index contributed by atoms with van der Waals surface area (Å²) < 4.78 is 45.2. The van der Waals surface area contributed by atoms with Crippen molar-refractivity contribution < 1.29 is 27.2 Å². The molecule has 29 heavy (non-hydrogen) atoms. The first kappa shape index (κ1) is 20.5. The van der Waals surface area contributed by atoms with Gasteiger partial charge in [0, 0.05) is 17.8 Å². The zero-order valence-corrected chi connectivity index (χ0v) is 15.6. The van der Waals surface area contributed by atoms with Gasteiger partial charge < -0.3 is 4.42 Å². The molecule has 0 saturated heterocycles. The summed E-state index contributed by atoms with van der Waals surface area (Å²) in [5.41, 5.74) is -2.02. The van der Waals surface area contributed by atoms with Gasteiger partial charge >= 0.3 is 11.8 Å². The molecule has 2 aromatic heterocycles. The van der Waals surface area contributed by atoms with Crippen LogP contribution in [0, 0.1) is 0 Å². The molecule has 3 rings (SSSR count). The van der Waals surface area contributed by atoms with Gasteiger partial charge in [-0.2, -0.15) is 18.2 Å². The molecule has 0 N–H and O–H groups in total. The maximum atomic E-state index is 13.3. The Kier molecular flexibility index (Phi) is 5.69. The van der Waals surface area contributed by atoms with Gasteiger partial charge in [-0.1, -0.05) is 31.5 Å². The van der Waals surface area contributed by atoms with Crippen molar-refractivity contribution in [1.82, 2.24) is 4.98 Å². The summed E-state index contributed by atoms with van der Waals surface area (Å²) in [4.78, 5) is 33.7. The summed E-state index contributed by atoms with van der Waals surface area (Å²) >= 11 is 0. The molecule has 0 radical (unpaired) electrons. The van der Waals surface area contributed by atoms with E-state index < -0.39 is 34.5 Å². The Bertz CT molecular complexity index is 1110. The number of carbonyl (C=O) groups excluding carboxylic acids is 1. The predicted octanol–water partition coefficient (Wildman–Crippen LogP) is 4.37. The average Bonchev–Trinajstić information content (AvgIpc) is 2.68. The van der Waals surface area contributed by atoms with Crippen LogP contribution in [0.4, 0.5) is 18.9 Å². The highest BCUT2D eigenvalue weighted by molar-refractivity contribution is 6.06. The first-order valence-electron chi connectivity index (χ1n) is 8.73. The lowest BCUT2D eigenvalue weighted by atomic mass is 10.1. The molecular weight excluding hydrogens is 389 g/mol. The largest absolute Gasteiger partial charge is 0.422 e. The number of halogens is 3. The van der Waals surface area contributed by atoms with Crippen LogP contribution < -0.4 is 10.7 Å². The normalized spacial score (nSPS) is 11.6. The first-order valence-corrected chi connectivity index (χ1v) is 8.73. The summed E-state index contributed by atoms with van der Waals surface area (Å²) in [6.07, 6.45) is -1.62. The number of aromatic nitrogens is 1. The Morgan fingerprint density at radius 3 is 2.69 bits per heavy atom. The lowest BCUT2D eigenvalue weighted by molar-refractivity contribution is -0.137. The van der Waals surface area contributed by atoms with E-state index in [0.717, 1.165) is 31.4 Å². The van der Waals surface area contributed by atoms with Crippen LogP contribution >= 0.6 is 0 Å². The van der Waals surface area contributed by atoms with Crippen LogP contribution in [0.3, 0.4) is 0 Å². The fourth-order valence-electron chi connectivity index (χ4n) is 3.00. The highest BCUT2D eigenvalue weighted by atomic mass is 19.4. The van der Waals surface area contributed by atoms with E-state index in [1.807, 2.05) is 13.0 Å². The second kappa shape index (κ2) is 8.04. The van der Waals surface area contributed by atoms with Gasteiger partial charge in [0.05, 0.1) is 12.8 Å². The predicted molar refractivity (Wildman–Crippen MR) is 99.5 cm³/mol. The Hall–Kier alpha value is -3.20. The van der Waals surface area contributed by atoms with E-state index in [0.29, 0.717) is 28.7 Å². The number of alkyl halides is 3. The van der Waals surface area contributed by atoms with Crippen molar-refractivity contribution in [2.75, 3.05) is 12.2 Å². The number of aryl methyl sites for hydroxylation is 1. The third-order valence-electron chi connectivity index (χ3n) is 4.28. The molecule has 0 aliphatic heterocycles. The molecular formula is C20H17F3N2O4. The van der Waals surface area contributed by atoms with E-state index in [-0.39, 0.29) is 0 Å². The van der Waals surface area contributed by atoms with Gasteiger partial charge in [0.1, 0.15) is 16.7 Å². The number of hydrogen-bond acceptors (Lipinski definition) is 5. The summed E-state index contributed by atoms with van der Waals surface area (Å²) in [5.74, 6) is -1.08. The molecule has 1 aromatic carbocycles. The van der Waals surface area contributed by atoms with Gasteiger partial charge in [0.25, 0.3) is 5.91 Å². The van der Waals surface area contributed by atoms with E-state index in [4.69, 9.17) is 9.25 Å². The number of anilines is 1. The Morgan fingerprint density at radius 1 is 1.28 bits per heavy atom. The summed E-state index contributed by atoms with van der Waals surface area (Å²) in [7, 11) is 1.03. The van der Waals surface area contributed by atoms with Crippen molar-refractivity contribution in [1.29, 1.82) is 0 Å². The third-order valence-corrected chi connectivity index (χ3v) is 4.28. The van der Waals surface area contributed by atoms with Crippen LogP contribution in [0.25, 0.3) is 11.0 Å². The molecule has 0 fully saturated rings. The highest BCUT2D eigenvalue weighted by Crippen LogP contribution is 2.36. The van der Waals surface area contributed by atoms with Crippen molar-refractivity contribution >= 4 is 22.6 Å². The SMILES string of the molecule is CCCc1cccc2cc(C(=O)N(OC)c3ccncc3C(F)(F)F)c(=O)oc12. The van der Waals surface area contributed by atoms with Gasteiger partial charge in [-0.3, -0.25) is 14.6 Å². The topological polar surface area (TPSA) is 72.6 Å². The zero-order chi connectivity index (χ0) is 21.2. The zero-order valence-electron chi connectivity index (χ0n) is 15.6. The van der Waals surface area contributed by atoms with Crippen LogP contribution in [-0.4, -0.2) is 18.0 Å². The Morgan fingerprint density at radius 2 is 2.03 bits per heavy atom. The molecule has 0 aliphatic carbocycles. The minimum atomic E-state index is -4.77. The summed E-state index contributed by atoms with van der Waals surface area (Å²) in [5, 5.41) is 0.888. The van der Waals surface area contributed by atoms with E-state index >= 15 is 0 Å². The lowest BCUT2D eigenvalue weighted by Crippen LogP contribution is -2.34. The Labute approximate surface area is 163 Å². The highest BCUT2D eigenvalue weighted by Gasteiger charge is 2.37. The molecule has 3 aromatic rings. The second-order valence-electron chi connectivity index (χ2n) is 6.21. The lowest BCUT2D eigenvalue weighted by Gasteiger charge is -2.22. The van der Waals surface area contributed by atoms with E-state index in [9.17, 15) is 22.8 Å². The summed E-state index contributed by atoms with van der Waals surface area (Å²) in [6.45, 7) is 1.97. The fourth-order valence-corrected chi connectivity index (χ4v) is 3.00. The first-order chi connectivity index (χ1) is 13.8. The minimum Gasteiger partial charge on any atom is -0.422 e. The number of nitrogens with zero attached hydrogens (tertiary/aromatic N) is 2. The van der Waals surface area contributed by atoms with Crippen LogP contribution in [0.2, 0.25) is 0 Å². The molecule has 152 valence electrons. The molecule has 0 saturated carbocycles. The maximum Gasteiger partial charge on any atom is 0.419 e. The quantitative estimate of drug-likeness (QED) is 0.465. The molecule has 0 spiro atoms. The molecule has 0 bridgehead atoms. The average molecular weight is 406 g/mol. The van der Waals surface area contributed by atoms with Gasteiger partial charge in [-0.15, -0.1) is 0 Å². The summed E-state index contributed by atoms with van der Waals surface area (Å²) in [6, 6.07) is 7.49. The number of benzene rings is 1. The van der Waals surface area contributed by atoms with E-state index in [1.54, 1.807) is 12.1 Å². The van der Waals surface area contributed by atoms with Crippen LogP contribution in [0.1, 0.15) is 34.8 Å².